The molecule has 0 spiro atoms. The van der Waals surface area contributed by atoms with E-state index >= 15 is 0 Å². The van der Waals surface area contributed by atoms with Gasteiger partial charge in [0.2, 0.25) is 0 Å². The first-order valence-electron chi connectivity index (χ1n) is 5.85. The highest BCUT2D eigenvalue weighted by Crippen LogP contribution is 2.34. The molecular weight excluding hydrogens is 234 g/mol. The molecular formula is C13H17NO4. The first-order chi connectivity index (χ1) is 8.63. The summed E-state index contributed by atoms with van der Waals surface area (Å²) >= 11 is 0. The van der Waals surface area contributed by atoms with Crippen LogP contribution in [0.3, 0.4) is 0 Å². The number of anilines is 1. The Hall–Kier alpha value is -1.91. The van der Waals surface area contributed by atoms with E-state index in [0.717, 1.165) is 5.69 Å². The van der Waals surface area contributed by atoms with Crippen molar-refractivity contribution in [3.05, 3.63) is 18.2 Å². The number of carboxylic acids is 1. The molecule has 0 saturated heterocycles. The summed E-state index contributed by atoms with van der Waals surface area (Å²) in [6, 6.07) is 5.81. The Balaban J connectivity index is 1.97. The molecule has 1 aromatic carbocycles. The molecule has 1 saturated carbocycles. The fourth-order valence-electron chi connectivity index (χ4n) is 2.10. The van der Waals surface area contributed by atoms with E-state index in [1.165, 1.54) is 0 Å². The summed E-state index contributed by atoms with van der Waals surface area (Å²) < 4.78 is 10.4. The Kier molecular flexibility index (Phi) is 3.60. The highest BCUT2D eigenvalue weighted by molar-refractivity contribution is 5.71. The van der Waals surface area contributed by atoms with E-state index in [-0.39, 0.29) is 12.0 Å². The van der Waals surface area contributed by atoms with E-state index in [2.05, 4.69) is 5.32 Å². The maximum absolute atomic E-state index is 10.7. The van der Waals surface area contributed by atoms with Gasteiger partial charge in [0.05, 0.1) is 20.1 Å². The van der Waals surface area contributed by atoms with E-state index in [0.29, 0.717) is 24.3 Å². The lowest BCUT2D eigenvalue weighted by Crippen LogP contribution is -2.39. The van der Waals surface area contributed by atoms with Gasteiger partial charge in [-0.15, -0.1) is 0 Å². The number of carbonyl (C=O) groups is 1. The van der Waals surface area contributed by atoms with E-state index < -0.39 is 5.97 Å². The van der Waals surface area contributed by atoms with E-state index in [1.807, 2.05) is 18.2 Å². The number of hydrogen-bond donors (Lipinski definition) is 2. The molecule has 2 N–H and O–H groups in total. The molecule has 18 heavy (non-hydrogen) atoms. The van der Waals surface area contributed by atoms with Crippen molar-refractivity contribution in [2.24, 2.45) is 5.92 Å². The van der Waals surface area contributed by atoms with Crippen LogP contribution < -0.4 is 14.8 Å². The van der Waals surface area contributed by atoms with Crippen LogP contribution in [0.15, 0.2) is 18.2 Å². The van der Waals surface area contributed by atoms with Crippen molar-refractivity contribution in [2.45, 2.75) is 18.9 Å². The largest absolute Gasteiger partial charge is 0.493 e. The summed E-state index contributed by atoms with van der Waals surface area (Å²) in [6.45, 7) is 0. The summed E-state index contributed by atoms with van der Waals surface area (Å²) in [6.07, 6.45) is 1.34. The van der Waals surface area contributed by atoms with Crippen LogP contribution in [0, 0.1) is 5.92 Å². The van der Waals surface area contributed by atoms with Gasteiger partial charge in [-0.25, -0.2) is 0 Å². The second-order valence-electron chi connectivity index (χ2n) is 4.42. The minimum atomic E-state index is -0.708. The first-order valence-corrected chi connectivity index (χ1v) is 5.85. The lowest BCUT2D eigenvalue weighted by molar-refractivity contribution is -0.144. The van der Waals surface area contributed by atoms with E-state index in [1.54, 1.807) is 14.2 Å². The summed E-state index contributed by atoms with van der Waals surface area (Å²) in [5.74, 6) is 0.430. The third-order valence-electron chi connectivity index (χ3n) is 3.24. The molecule has 0 atom stereocenters. The van der Waals surface area contributed by atoms with Crippen LogP contribution in [0.2, 0.25) is 0 Å². The zero-order chi connectivity index (χ0) is 13.1. The number of carboxylic acid groups (broad SMARTS) is 1. The van der Waals surface area contributed by atoms with Gasteiger partial charge in [-0.05, 0) is 25.0 Å². The normalized spacial score (nSPS) is 21.9. The molecule has 0 unspecified atom stereocenters. The standard InChI is InChI=1S/C13H17NO4/c1-17-11-4-3-9(7-12(11)18-2)14-10-5-8(6-10)13(15)16/h3-4,7-8,10,14H,5-6H2,1-2H3,(H,15,16). The van der Waals surface area contributed by atoms with Crippen molar-refractivity contribution in [3.63, 3.8) is 0 Å². The third kappa shape index (κ3) is 2.50. The Morgan fingerprint density at radius 1 is 1.28 bits per heavy atom. The summed E-state index contributed by atoms with van der Waals surface area (Å²) in [7, 11) is 3.18. The molecule has 1 aromatic rings. The number of rotatable bonds is 5. The van der Waals surface area contributed by atoms with Crippen LogP contribution in [-0.2, 0) is 4.79 Å². The van der Waals surface area contributed by atoms with Crippen molar-refractivity contribution < 1.29 is 19.4 Å². The molecule has 0 bridgehead atoms. The smallest absolute Gasteiger partial charge is 0.306 e. The molecule has 5 nitrogen and oxygen atoms in total. The lowest BCUT2D eigenvalue weighted by Gasteiger charge is -2.33. The Morgan fingerprint density at radius 3 is 2.50 bits per heavy atom. The zero-order valence-corrected chi connectivity index (χ0v) is 10.5. The van der Waals surface area contributed by atoms with Gasteiger partial charge in [0.15, 0.2) is 11.5 Å². The molecule has 0 aliphatic heterocycles. The van der Waals surface area contributed by atoms with Gasteiger partial charge in [0, 0.05) is 17.8 Å². The van der Waals surface area contributed by atoms with Gasteiger partial charge >= 0.3 is 5.97 Å². The van der Waals surface area contributed by atoms with Crippen molar-refractivity contribution in [1.29, 1.82) is 0 Å². The number of methoxy groups -OCH3 is 2. The molecule has 2 rings (SSSR count). The molecule has 1 aliphatic rings. The van der Waals surface area contributed by atoms with Crippen molar-refractivity contribution in [2.75, 3.05) is 19.5 Å². The molecule has 0 amide bonds. The topological polar surface area (TPSA) is 67.8 Å². The lowest BCUT2D eigenvalue weighted by atomic mass is 9.80. The Bertz CT molecular complexity index is 441. The molecule has 5 heteroatoms. The number of hydrogen-bond acceptors (Lipinski definition) is 4. The average Bonchev–Trinajstić information content (AvgIpc) is 2.32. The minimum absolute atomic E-state index is 0.206. The van der Waals surface area contributed by atoms with E-state index in [9.17, 15) is 4.79 Å². The van der Waals surface area contributed by atoms with Gasteiger partial charge in [-0.1, -0.05) is 0 Å². The second-order valence-corrected chi connectivity index (χ2v) is 4.42. The summed E-state index contributed by atoms with van der Waals surface area (Å²) in [4.78, 5) is 10.7. The zero-order valence-electron chi connectivity index (χ0n) is 10.5. The fraction of sp³-hybridized carbons (Fsp3) is 0.462. The van der Waals surface area contributed by atoms with Gasteiger partial charge < -0.3 is 19.9 Å². The quantitative estimate of drug-likeness (QED) is 0.837. The molecule has 0 heterocycles. The Labute approximate surface area is 106 Å². The van der Waals surface area contributed by atoms with Gasteiger partial charge in [-0.2, -0.15) is 0 Å². The van der Waals surface area contributed by atoms with Crippen molar-refractivity contribution in [3.8, 4) is 11.5 Å². The first kappa shape index (κ1) is 12.5. The van der Waals surface area contributed by atoms with Crippen molar-refractivity contribution in [1.82, 2.24) is 0 Å². The van der Waals surface area contributed by atoms with Gasteiger partial charge in [0.1, 0.15) is 0 Å². The highest BCUT2D eigenvalue weighted by atomic mass is 16.5. The molecule has 98 valence electrons. The Morgan fingerprint density at radius 2 is 1.94 bits per heavy atom. The molecule has 0 aromatic heterocycles. The monoisotopic (exact) mass is 251 g/mol. The van der Waals surface area contributed by atoms with E-state index in [4.69, 9.17) is 14.6 Å². The number of nitrogens with one attached hydrogen (secondary N) is 1. The predicted octanol–water partition coefficient (Wildman–Crippen LogP) is 1.98. The SMILES string of the molecule is COc1ccc(NC2CC(C(=O)O)C2)cc1OC. The fourth-order valence-corrected chi connectivity index (χ4v) is 2.10. The number of benzene rings is 1. The highest BCUT2D eigenvalue weighted by Gasteiger charge is 2.34. The summed E-state index contributed by atoms with van der Waals surface area (Å²) in [5.41, 5.74) is 0.918. The van der Waals surface area contributed by atoms with Crippen LogP contribution in [0.4, 0.5) is 5.69 Å². The molecule has 1 aliphatic carbocycles. The number of ether oxygens (including phenoxy) is 2. The molecule has 1 fully saturated rings. The van der Waals surface area contributed by atoms with Crippen LogP contribution in [0.25, 0.3) is 0 Å². The average molecular weight is 251 g/mol. The summed E-state index contributed by atoms with van der Waals surface area (Å²) in [5, 5.41) is 12.1. The third-order valence-corrected chi connectivity index (χ3v) is 3.24. The number of aliphatic carboxylic acids is 1. The van der Waals surface area contributed by atoms with Crippen LogP contribution in [0.1, 0.15) is 12.8 Å². The van der Waals surface area contributed by atoms with Crippen molar-refractivity contribution >= 4 is 11.7 Å². The predicted molar refractivity (Wildman–Crippen MR) is 67.3 cm³/mol. The van der Waals surface area contributed by atoms with Crippen LogP contribution in [0.5, 0.6) is 11.5 Å². The molecule has 0 radical (unpaired) electrons. The van der Waals surface area contributed by atoms with Crippen LogP contribution in [-0.4, -0.2) is 31.3 Å². The van der Waals surface area contributed by atoms with Crippen LogP contribution >= 0.6 is 0 Å². The second kappa shape index (κ2) is 5.16. The van der Waals surface area contributed by atoms with Gasteiger partial charge in [-0.3, -0.25) is 4.79 Å². The maximum Gasteiger partial charge on any atom is 0.306 e. The minimum Gasteiger partial charge on any atom is -0.493 e. The van der Waals surface area contributed by atoms with Gasteiger partial charge in [0.25, 0.3) is 0 Å². The maximum atomic E-state index is 10.7.